The van der Waals surface area contributed by atoms with Gasteiger partial charge in [0.15, 0.2) is 11.6 Å². The van der Waals surface area contributed by atoms with Crippen molar-refractivity contribution in [1.82, 2.24) is 10.1 Å². The van der Waals surface area contributed by atoms with E-state index in [1.54, 1.807) is 0 Å². The van der Waals surface area contributed by atoms with Gasteiger partial charge in [-0.25, -0.2) is 9.37 Å². The van der Waals surface area contributed by atoms with Gasteiger partial charge in [-0.15, -0.1) is 0 Å². The van der Waals surface area contributed by atoms with Gasteiger partial charge in [-0.1, -0.05) is 33.2 Å². The van der Waals surface area contributed by atoms with Gasteiger partial charge in [0.25, 0.3) is 0 Å². The van der Waals surface area contributed by atoms with Crippen LogP contribution >= 0.6 is 15.9 Å². The number of nitrogens with zero attached hydrogens (tertiary/aromatic N) is 2. The highest BCUT2D eigenvalue weighted by atomic mass is 79.9. The molecule has 0 aliphatic rings. The van der Waals surface area contributed by atoms with Gasteiger partial charge in [-0.2, -0.15) is 0 Å². The van der Waals surface area contributed by atoms with Gasteiger partial charge in [0.05, 0.1) is 11.8 Å². The molecule has 0 radical (unpaired) electrons. The molecule has 20 heavy (non-hydrogen) atoms. The van der Waals surface area contributed by atoms with E-state index in [-0.39, 0.29) is 5.82 Å². The second kappa shape index (κ2) is 5.05. The van der Waals surface area contributed by atoms with E-state index >= 15 is 0 Å². The molecule has 0 amide bonds. The third-order valence-electron chi connectivity index (χ3n) is 2.81. The molecule has 2 aromatic heterocycles. The van der Waals surface area contributed by atoms with Crippen LogP contribution in [0.3, 0.4) is 0 Å². The molecule has 2 N–H and O–H groups in total. The summed E-state index contributed by atoms with van der Waals surface area (Å²) in [6.07, 6.45) is 1.12. The molecule has 2 heterocycles. The molecule has 0 saturated carbocycles. The molecule has 0 atom stereocenters. The van der Waals surface area contributed by atoms with E-state index in [2.05, 4.69) is 26.1 Å². The van der Waals surface area contributed by atoms with Crippen LogP contribution in [0.15, 0.2) is 51.6 Å². The average Bonchev–Trinajstić information content (AvgIpc) is 2.83. The highest BCUT2D eigenvalue weighted by Crippen LogP contribution is 2.36. The Morgan fingerprint density at radius 3 is 2.50 bits per heavy atom. The molecule has 0 fully saturated rings. The maximum Gasteiger partial charge on any atom is 0.195 e. The van der Waals surface area contributed by atoms with Crippen molar-refractivity contribution in [3.05, 3.63) is 52.9 Å². The van der Waals surface area contributed by atoms with E-state index in [1.807, 2.05) is 24.3 Å². The van der Waals surface area contributed by atoms with Crippen molar-refractivity contribution in [3.63, 3.8) is 0 Å². The van der Waals surface area contributed by atoms with Gasteiger partial charge in [0.2, 0.25) is 0 Å². The third kappa shape index (κ3) is 2.30. The number of rotatable bonds is 2. The Balaban J connectivity index is 2.14. The molecule has 0 aliphatic heterocycles. The molecule has 4 nitrogen and oxygen atoms in total. The summed E-state index contributed by atoms with van der Waals surface area (Å²) in [4.78, 5) is 3.99. The predicted octanol–water partition coefficient (Wildman–Crippen LogP) is 3.89. The van der Waals surface area contributed by atoms with E-state index in [9.17, 15) is 4.39 Å². The fourth-order valence-corrected chi connectivity index (χ4v) is 2.15. The highest BCUT2D eigenvalue weighted by molar-refractivity contribution is 9.10. The maximum atomic E-state index is 12.9. The average molecular weight is 334 g/mol. The summed E-state index contributed by atoms with van der Waals surface area (Å²) in [6, 6.07) is 10.4. The Morgan fingerprint density at radius 2 is 1.85 bits per heavy atom. The Bertz CT molecular complexity index is 738. The van der Waals surface area contributed by atoms with Crippen LogP contribution in [0.5, 0.6) is 0 Å². The quantitative estimate of drug-likeness (QED) is 0.772. The monoisotopic (exact) mass is 333 g/mol. The summed E-state index contributed by atoms with van der Waals surface area (Å²) in [6.45, 7) is 0. The Hall–Kier alpha value is -2.21. The van der Waals surface area contributed by atoms with Crippen molar-refractivity contribution in [3.8, 4) is 22.6 Å². The second-order valence-electron chi connectivity index (χ2n) is 4.14. The number of benzene rings is 1. The fraction of sp³-hybridized carbons (Fsp3) is 0. The highest BCUT2D eigenvalue weighted by Gasteiger charge is 2.18. The summed E-state index contributed by atoms with van der Waals surface area (Å²) in [5, 5.41) is 3.77. The van der Waals surface area contributed by atoms with Crippen molar-refractivity contribution in [2.24, 2.45) is 0 Å². The molecule has 1 aromatic carbocycles. The zero-order valence-corrected chi connectivity index (χ0v) is 11.8. The lowest BCUT2D eigenvalue weighted by Gasteiger charge is -2.02. The summed E-state index contributed by atoms with van der Waals surface area (Å²) < 4.78 is 19.1. The summed E-state index contributed by atoms with van der Waals surface area (Å²) in [5.41, 5.74) is 7.84. The van der Waals surface area contributed by atoms with E-state index in [1.165, 1.54) is 12.1 Å². The lowest BCUT2D eigenvalue weighted by molar-refractivity contribution is 0.434. The second-order valence-corrected chi connectivity index (χ2v) is 5.06. The molecule has 3 rings (SSSR count). The van der Waals surface area contributed by atoms with Gasteiger partial charge in [-0.05, 0) is 29.8 Å². The van der Waals surface area contributed by atoms with E-state index in [0.717, 1.165) is 16.2 Å². The van der Waals surface area contributed by atoms with Gasteiger partial charge in [0, 0.05) is 4.47 Å². The van der Waals surface area contributed by atoms with Crippen LogP contribution in [0.25, 0.3) is 22.6 Å². The van der Waals surface area contributed by atoms with E-state index in [0.29, 0.717) is 17.0 Å². The first-order valence-corrected chi connectivity index (χ1v) is 6.57. The topological polar surface area (TPSA) is 64.9 Å². The van der Waals surface area contributed by atoms with Crippen LogP contribution in [0.1, 0.15) is 0 Å². The largest absolute Gasteiger partial charge is 0.380 e. The Morgan fingerprint density at radius 1 is 1.10 bits per heavy atom. The molecule has 0 spiro atoms. The van der Waals surface area contributed by atoms with Crippen molar-refractivity contribution in [2.45, 2.75) is 0 Å². The first-order valence-electron chi connectivity index (χ1n) is 5.78. The SMILES string of the molecule is Nc1noc(-c2ccc(F)cn2)c1-c1ccc(Br)cc1. The molecule has 0 bridgehead atoms. The van der Waals surface area contributed by atoms with Crippen LogP contribution in [0.4, 0.5) is 10.2 Å². The molecule has 0 saturated heterocycles. The third-order valence-corrected chi connectivity index (χ3v) is 3.34. The molecule has 6 heteroatoms. The number of nitrogen functional groups attached to an aromatic ring is 1. The van der Waals surface area contributed by atoms with Crippen LogP contribution in [0, 0.1) is 5.82 Å². The van der Waals surface area contributed by atoms with Crippen molar-refractivity contribution in [2.75, 3.05) is 5.73 Å². The number of pyridine rings is 1. The van der Waals surface area contributed by atoms with Gasteiger partial charge in [0.1, 0.15) is 11.5 Å². The Labute approximate surface area is 122 Å². The standard InChI is InChI=1S/C14H9BrFN3O/c15-9-3-1-8(2-4-9)12-13(20-19-14(12)17)11-6-5-10(16)7-18-11/h1-7H,(H2,17,19). The minimum Gasteiger partial charge on any atom is -0.380 e. The lowest BCUT2D eigenvalue weighted by atomic mass is 10.0. The molecular weight excluding hydrogens is 325 g/mol. The normalized spacial score (nSPS) is 10.7. The van der Waals surface area contributed by atoms with Crippen LogP contribution < -0.4 is 5.73 Å². The molecular formula is C14H9BrFN3O. The van der Waals surface area contributed by atoms with Crippen LogP contribution in [0.2, 0.25) is 0 Å². The van der Waals surface area contributed by atoms with Crippen molar-refractivity contribution >= 4 is 21.7 Å². The zero-order valence-electron chi connectivity index (χ0n) is 10.2. The predicted molar refractivity (Wildman–Crippen MR) is 77.2 cm³/mol. The molecule has 0 unspecified atom stereocenters. The number of halogens is 2. The van der Waals surface area contributed by atoms with E-state index < -0.39 is 5.82 Å². The number of nitrogens with two attached hydrogens (primary N) is 1. The van der Waals surface area contributed by atoms with Crippen LogP contribution in [-0.4, -0.2) is 10.1 Å². The van der Waals surface area contributed by atoms with E-state index in [4.69, 9.17) is 10.3 Å². The van der Waals surface area contributed by atoms with Crippen LogP contribution in [-0.2, 0) is 0 Å². The maximum absolute atomic E-state index is 12.9. The molecule has 100 valence electrons. The number of aromatic nitrogens is 2. The Kier molecular flexibility index (Phi) is 3.23. The van der Waals surface area contributed by atoms with Gasteiger partial charge in [-0.3, -0.25) is 0 Å². The van der Waals surface area contributed by atoms with Crippen molar-refractivity contribution < 1.29 is 8.91 Å². The molecule has 0 aliphatic carbocycles. The fourth-order valence-electron chi connectivity index (χ4n) is 1.88. The van der Waals surface area contributed by atoms with Crippen molar-refractivity contribution in [1.29, 1.82) is 0 Å². The molecule has 3 aromatic rings. The first kappa shape index (κ1) is 12.8. The summed E-state index contributed by atoms with van der Waals surface area (Å²) in [7, 11) is 0. The smallest absolute Gasteiger partial charge is 0.195 e. The van der Waals surface area contributed by atoms with Gasteiger partial charge < -0.3 is 10.3 Å². The lowest BCUT2D eigenvalue weighted by Crippen LogP contribution is -1.90. The van der Waals surface area contributed by atoms with Gasteiger partial charge >= 0.3 is 0 Å². The summed E-state index contributed by atoms with van der Waals surface area (Å²) >= 11 is 3.37. The number of anilines is 1. The summed E-state index contributed by atoms with van der Waals surface area (Å²) in [5.74, 6) is 0.282. The first-order chi connectivity index (χ1) is 9.65. The zero-order chi connectivity index (χ0) is 14.1. The minimum absolute atomic E-state index is 0.272. The number of hydrogen-bond donors (Lipinski definition) is 1. The number of hydrogen-bond acceptors (Lipinski definition) is 4. The minimum atomic E-state index is -0.411.